The van der Waals surface area contributed by atoms with Gasteiger partial charge in [0.15, 0.2) is 18.1 Å². The van der Waals surface area contributed by atoms with E-state index < -0.39 is 0 Å². The van der Waals surface area contributed by atoms with Gasteiger partial charge in [0.1, 0.15) is 0 Å². The highest BCUT2D eigenvalue weighted by Gasteiger charge is 2.12. The van der Waals surface area contributed by atoms with Crippen molar-refractivity contribution in [2.45, 2.75) is 26.2 Å². The largest absolute Gasteiger partial charge is 0.493 e. The Kier molecular flexibility index (Phi) is 6.17. The summed E-state index contributed by atoms with van der Waals surface area (Å²) in [4.78, 5) is 11.8. The summed E-state index contributed by atoms with van der Waals surface area (Å²) in [7, 11) is 1.55. The van der Waals surface area contributed by atoms with Crippen LogP contribution < -0.4 is 14.9 Å². The third kappa shape index (κ3) is 5.64. The Bertz CT molecular complexity index is 731. The second-order valence-electron chi connectivity index (χ2n) is 6.60. The van der Waals surface area contributed by atoms with Crippen LogP contribution in [0, 0.1) is 0 Å². The van der Waals surface area contributed by atoms with Crippen LogP contribution in [-0.4, -0.2) is 25.8 Å². The number of methoxy groups -OCH3 is 1. The van der Waals surface area contributed by atoms with Crippen LogP contribution in [0.15, 0.2) is 53.6 Å². The number of rotatable bonds is 6. The van der Waals surface area contributed by atoms with Gasteiger partial charge in [0.25, 0.3) is 5.91 Å². The van der Waals surface area contributed by atoms with Crippen molar-refractivity contribution < 1.29 is 14.3 Å². The third-order valence-corrected chi connectivity index (χ3v) is 3.61. The fraction of sp³-hybridized carbons (Fsp3) is 0.300. The minimum absolute atomic E-state index is 0.111. The Labute approximate surface area is 148 Å². The first-order valence-corrected chi connectivity index (χ1v) is 8.08. The van der Waals surface area contributed by atoms with Crippen LogP contribution in [0.2, 0.25) is 0 Å². The molecule has 25 heavy (non-hydrogen) atoms. The van der Waals surface area contributed by atoms with E-state index in [4.69, 9.17) is 9.47 Å². The minimum atomic E-state index is -0.339. The number of ether oxygens (including phenoxy) is 2. The van der Waals surface area contributed by atoms with Crippen molar-refractivity contribution in [2.24, 2.45) is 5.10 Å². The van der Waals surface area contributed by atoms with Crippen molar-refractivity contribution >= 4 is 12.1 Å². The number of hydrazone groups is 1. The Balaban J connectivity index is 1.84. The molecule has 2 aromatic carbocycles. The first kappa shape index (κ1) is 18.5. The van der Waals surface area contributed by atoms with Gasteiger partial charge in [0.05, 0.1) is 13.3 Å². The van der Waals surface area contributed by atoms with Gasteiger partial charge in [-0.05, 0) is 28.7 Å². The molecular weight excluding hydrogens is 316 g/mol. The van der Waals surface area contributed by atoms with Crippen molar-refractivity contribution in [3.63, 3.8) is 0 Å². The highest BCUT2D eigenvalue weighted by Crippen LogP contribution is 2.25. The molecule has 2 rings (SSSR count). The van der Waals surface area contributed by atoms with Crippen LogP contribution in [0.3, 0.4) is 0 Å². The lowest BCUT2D eigenvalue weighted by atomic mass is 9.87. The van der Waals surface area contributed by atoms with E-state index in [1.807, 2.05) is 24.3 Å². The van der Waals surface area contributed by atoms with Gasteiger partial charge in [-0.3, -0.25) is 4.79 Å². The normalized spacial score (nSPS) is 11.4. The second-order valence-corrected chi connectivity index (χ2v) is 6.60. The summed E-state index contributed by atoms with van der Waals surface area (Å²) < 4.78 is 10.6. The monoisotopic (exact) mass is 340 g/mol. The summed E-state index contributed by atoms with van der Waals surface area (Å²) in [6.07, 6.45) is 1.60. The van der Waals surface area contributed by atoms with Crippen LogP contribution in [-0.2, 0) is 10.2 Å². The maximum absolute atomic E-state index is 11.8. The number of carbonyl (C=O) groups excluding carboxylic acids is 1. The first-order valence-electron chi connectivity index (χ1n) is 8.08. The Morgan fingerprint density at radius 1 is 1.08 bits per heavy atom. The van der Waals surface area contributed by atoms with Crippen molar-refractivity contribution in [3.05, 3.63) is 59.7 Å². The average Bonchev–Trinajstić information content (AvgIpc) is 2.60. The molecule has 5 heteroatoms. The number of para-hydroxylation sites is 2. The summed E-state index contributed by atoms with van der Waals surface area (Å²) in [5.74, 6) is 0.758. The van der Waals surface area contributed by atoms with E-state index in [1.54, 1.807) is 25.5 Å². The average molecular weight is 340 g/mol. The number of hydrogen-bond donors (Lipinski definition) is 1. The SMILES string of the molecule is COc1ccccc1OCC(=O)N/N=C\c1ccc(C(C)(C)C)cc1. The van der Waals surface area contributed by atoms with Crippen LogP contribution >= 0.6 is 0 Å². The molecule has 0 bridgehead atoms. The lowest BCUT2D eigenvalue weighted by Crippen LogP contribution is -2.24. The molecule has 0 fully saturated rings. The van der Waals surface area contributed by atoms with Crippen molar-refractivity contribution in [1.29, 1.82) is 0 Å². The summed E-state index contributed by atoms with van der Waals surface area (Å²) in [5.41, 5.74) is 4.72. The molecule has 5 nitrogen and oxygen atoms in total. The number of nitrogens with zero attached hydrogens (tertiary/aromatic N) is 1. The zero-order valence-corrected chi connectivity index (χ0v) is 15.1. The van der Waals surface area contributed by atoms with Gasteiger partial charge in [-0.15, -0.1) is 0 Å². The molecule has 0 aliphatic carbocycles. The second kappa shape index (κ2) is 8.33. The fourth-order valence-corrected chi connectivity index (χ4v) is 2.16. The molecule has 0 unspecified atom stereocenters. The summed E-state index contributed by atoms with van der Waals surface area (Å²) in [6.45, 7) is 6.36. The van der Waals surface area contributed by atoms with Crippen LogP contribution in [0.5, 0.6) is 11.5 Å². The Morgan fingerprint density at radius 2 is 1.72 bits per heavy atom. The molecule has 0 heterocycles. The molecule has 0 radical (unpaired) electrons. The van der Waals surface area contributed by atoms with Crippen molar-refractivity contribution in [1.82, 2.24) is 5.43 Å². The molecule has 1 N–H and O–H groups in total. The number of nitrogens with one attached hydrogen (secondary N) is 1. The van der Waals surface area contributed by atoms with E-state index >= 15 is 0 Å². The fourth-order valence-electron chi connectivity index (χ4n) is 2.16. The molecule has 1 amide bonds. The first-order chi connectivity index (χ1) is 11.9. The predicted molar refractivity (Wildman–Crippen MR) is 99.4 cm³/mol. The molecule has 0 saturated carbocycles. The lowest BCUT2D eigenvalue weighted by molar-refractivity contribution is -0.123. The number of carbonyl (C=O) groups is 1. The van der Waals surface area contributed by atoms with Crippen LogP contribution in [0.25, 0.3) is 0 Å². The van der Waals surface area contributed by atoms with Gasteiger partial charge in [-0.1, -0.05) is 57.2 Å². The maximum atomic E-state index is 11.8. The van der Waals surface area contributed by atoms with E-state index in [1.165, 1.54) is 5.56 Å². The van der Waals surface area contributed by atoms with Crippen LogP contribution in [0.4, 0.5) is 0 Å². The van der Waals surface area contributed by atoms with Gasteiger partial charge in [-0.2, -0.15) is 5.10 Å². The van der Waals surface area contributed by atoms with Gasteiger partial charge >= 0.3 is 0 Å². The standard InChI is InChI=1S/C20H24N2O3/c1-20(2,3)16-11-9-15(10-12-16)13-21-22-19(23)14-25-18-8-6-5-7-17(18)24-4/h5-13H,14H2,1-4H3,(H,22,23)/b21-13-. The smallest absolute Gasteiger partial charge is 0.277 e. The topological polar surface area (TPSA) is 59.9 Å². The molecule has 0 saturated heterocycles. The molecular formula is C20H24N2O3. The Morgan fingerprint density at radius 3 is 2.32 bits per heavy atom. The minimum Gasteiger partial charge on any atom is -0.493 e. The van der Waals surface area contributed by atoms with Gasteiger partial charge in [0, 0.05) is 0 Å². The molecule has 132 valence electrons. The summed E-state index contributed by atoms with van der Waals surface area (Å²) in [5, 5.41) is 3.95. The number of hydrogen-bond acceptors (Lipinski definition) is 4. The molecule has 2 aromatic rings. The van der Waals surface area contributed by atoms with E-state index in [0.717, 1.165) is 5.56 Å². The van der Waals surface area contributed by atoms with E-state index in [9.17, 15) is 4.79 Å². The van der Waals surface area contributed by atoms with Crippen molar-refractivity contribution in [2.75, 3.05) is 13.7 Å². The molecule has 0 atom stereocenters. The van der Waals surface area contributed by atoms with Gasteiger partial charge < -0.3 is 9.47 Å². The molecule has 0 aromatic heterocycles. The predicted octanol–water partition coefficient (Wildman–Crippen LogP) is 3.52. The lowest BCUT2D eigenvalue weighted by Gasteiger charge is -2.18. The zero-order chi connectivity index (χ0) is 18.3. The maximum Gasteiger partial charge on any atom is 0.277 e. The Hall–Kier alpha value is -2.82. The van der Waals surface area contributed by atoms with Gasteiger partial charge in [0.2, 0.25) is 0 Å². The number of amides is 1. The highest BCUT2D eigenvalue weighted by atomic mass is 16.5. The molecule has 0 spiro atoms. The zero-order valence-electron chi connectivity index (χ0n) is 15.1. The van der Waals surface area contributed by atoms with Gasteiger partial charge in [-0.25, -0.2) is 5.43 Å². The highest BCUT2D eigenvalue weighted by molar-refractivity contribution is 5.83. The van der Waals surface area contributed by atoms with E-state index in [2.05, 4.69) is 43.4 Å². The summed E-state index contributed by atoms with van der Waals surface area (Å²) in [6, 6.07) is 15.2. The summed E-state index contributed by atoms with van der Waals surface area (Å²) >= 11 is 0. The van der Waals surface area contributed by atoms with E-state index in [0.29, 0.717) is 11.5 Å². The number of benzene rings is 2. The molecule has 0 aliphatic heterocycles. The van der Waals surface area contributed by atoms with E-state index in [-0.39, 0.29) is 17.9 Å². The molecule has 0 aliphatic rings. The quantitative estimate of drug-likeness (QED) is 0.646. The van der Waals surface area contributed by atoms with Crippen molar-refractivity contribution in [3.8, 4) is 11.5 Å². The third-order valence-electron chi connectivity index (χ3n) is 3.61. The van der Waals surface area contributed by atoms with Crippen LogP contribution in [0.1, 0.15) is 31.9 Å².